The number of sulfonamides is 1. The topological polar surface area (TPSA) is 131 Å². The van der Waals surface area contributed by atoms with Crippen LogP contribution >= 0.6 is 0 Å². The average Bonchev–Trinajstić information content (AvgIpc) is 2.74. The van der Waals surface area contributed by atoms with E-state index in [-0.39, 0.29) is 0 Å². The molecule has 3 N–H and O–H groups in total. The van der Waals surface area contributed by atoms with Crippen molar-refractivity contribution in [3.05, 3.63) is 65.7 Å². The van der Waals surface area contributed by atoms with Crippen molar-refractivity contribution in [1.29, 1.82) is 0 Å². The number of rotatable bonds is 8. The van der Waals surface area contributed by atoms with Gasteiger partial charge in [-0.3, -0.25) is 14.9 Å². The summed E-state index contributed by atoms with van der Waals surface area (Å²) in [6.45, 7) is -0.432. The fourth-order valence-corrected chi connectivity index (χ4v) is 3.39. The number of carbonyl (C=O) groups is 3. The predicted molar refractivity (Wildman–Crippen MR) is 104 cm³/mol. The van der Waals surface area contributed by atoms with Crippen molar-refractivity contribution in [1.82, 2.24) is 15.4 Å². The second-order valence-corrected chi connectivity index (χ2v) is 7.84. The van der Waals surface area contributed by atoms with E-state index in [1.165, 1.54) is 19.2 Å². The molecule has 2 rings (SSSR count). The molecule has 0 spiro atoms. The molecule has 0 heterocycles. The molecule has 0 aliphatic rings. The summed E-state index contributed by atoms with van der Waals surface area (Å²) in [5.41, 5.74) is 0.291. The number of amides is 3. The average molecular weight is 455 g/mol. The van der Waals surface area contributed by atoms with Gasteiger partial charge in [0.2, 0.25) is 16.1 Å². The first kappa shape index (κ1) is 23.9. The molecule has 2 aromatic carbocycles. The highest BCUT2D eigenvalue weighted by Crippen LogP contribution is 2.18. The first-order valence-corrected chi connectivity index (χ1v) is 10.3. The molecule has 1 atom stereocenters. The number of ether oxygens (including phenoxy) is 1. The Labute approximate surface area is 176 Å². The van der Waals surface area contributed by atoms with E-state index in [1.807, 2.05) is 5.32 Å². The highest BCUT2D eigenvalue weighted by molar-refractivity contribution is 7.89. The van der Waals surface area contributed by atoms with Crippen LogP contribution in [-0.4, -0.2) is 39.9 Å². The lowest BCUT2D eigenvalue weighted by molar-refractivity contribution is -0.156. The molecule has 0 aliphatic carbocycles. The summed E-state index contributed by atoms with van der Waals surface area (Å²) in [6, 6.07) is 9.11. The van der Waals surface area contributed by atoms with Crippen LogP contribution in [0, 0.1) is 11.6 Å². The molecule has 3 amide bonds. The van der Waals surface area contributed by atoms with Crippen LogP contribution in [0.1, 0.15) is 18.1 Å². The van der Waals surface area contributed by atoms with Crippen molar-refractivity contribution in [2.24, 2.45) is 0 Å². The summed E-state index contributed by atoms with van der Waals surface area (Å²) in [4.78, 5) is 35.3. The summed E-state index contributed by atoms with van der Waals surface area (Å²) >= 11 is 0. The van der Waals surface area contributed by atoms with Crippen LogP contribution < -0.4 is 15.4 Å². The monoisotopic (exact) mass is 455 g/mol. The van der Waals surface area contributed by atoms with Gasteiger partial charge in [-0.1, -0.05) is 30.3 Å². The molecule has 31 heavy (non-hydrogen) atoms. The van der Waals surface area contributed by atoms with Gasteiger partial charge in [-0.05, 0) is 18.2 Å². The molecular weight excluding hydrogens is 436 g/mol. The minimum absolute atomic E-state index is 0.291. The molecule has 0 saturated carbocycles. The first-order chi connectivity index (χ1) is 14.6. The standard InChI is InChI=1S/C19H19F2N3O6S/c1-22-19(27)24-18(26)17(12-5-3-2-4-6-12)30-16(25)9-10-23-31(28,29)13-7-8-14(20)15(21)11-13/h2-8,11,17,23H,9-10H2,1H3,(H2,22,24,26,27). The minimum Gasteiger partial charge on any atom is -0.447 e. The Bertz CT molecular complexity index is 1060. The zero-order valence-electron chi connectivity index (χ0n) is 16.2. The Morgan fingerprint density at radius 3 is 2.32 bits per heavy atom. The number of benzene rings is 2. The third-order valence-electron chi connectivity index (χ3n) is 3.88. The van der Waals surface area contributed by atoms with Crippen LogP contribution in [0.5, 0.6) is 0 Å². The maximum atomic E-state index is 13.2. The van der Waals surface area contributed by atoms with Crippen LogP contribution in [0.2, 0.25) is 0 Å². The number of hydrogen-bond donors (Lipinski definition) is 3. The minimum atomic E-state index is -4.21. The molecule has 0 saturated heterocycles. The van der Waals surface area contributed by atoms with Crippen molar-refractivity contribution in [3.63, 3.8) is 0 Å². The van der Waals surface area contributed by atoms with Crippen molar-refractivity contribution in [2.45, 2.75) is 17.4 Å². The molecule has 0 bridgehead atoms. The lowest BCUT2D eigenvalue weighted by Crippen LogP contribution is -2.41. The first-order valence-electron chi connectivity index (χ1n) is 8.85. The van der Waals surface area contributed by atoms with Gasteiger partial charge in [0, 0.05) is 19.2 Å². The van der Waals surface area contributed by atoms with Gasteiger partial charge < -0.3 is 10.1 Å². The lowest BCUT2D eigenvalue weighted by Gasteiger charge is -2.17. The molecule has 0 aliphatic heterocycles. The van der Waals surface area contributed by atoms with Gasteiger partial charge in [0.15, 0.2) is 11.6 Å². The van der Waals surface area contributed by atoms with E-state index in [0.29, 0.717) is 17.7 Å². The molecule has 0 aromatic heterocycles. The maximum Gasteiger partial charge on any atom is 0.321 e. The SMILES string of the molecule is CNC(=O)NC(=O)C(OC(=O)CCNS(=O)(=O)c1ccc(F)c(F)c1)c1ccccc1. The second-order valence-electron chi connectivity index (χ2n) is 6.07. The van der Waals surface area contributed by atoms with Crippen LogP contribution in [0.25, 0.3) is 0 Å². The van der Waals surface area contributed by atoms with Gasteiger partial charge in [-0.2, -0.15) is 0 Å². The van der Waals surface area contributed by atoms with Gasteiger partial charge in [0.1, 0.15) is 0 Å². The van der Waals surface area contributed by atoms with Gasteiger partial charge in [0.25, 0.3) is 5.91 Å². The molecule has 1 unspecified atom stereocenters. The summed E-state index contributed by atoms with van der Waals surface area (Å²) < 4.78 is 57.6. The van der Waals surface area contributed by atoms with Crippen molar-refractivity contribution in [3.8, 4) is 0 Å². The van der Waals surface area contributed by atoms with Crippen molar-refractivity contribution in [2.75, 3.05) is 13.6 Å². The Hall–Kier alpha value is -3.38. The van der Waals surface area contributed by atoms with E-state index in [2.05, 4.69) is 10.0 Å². The van der Waals surface area contributed by atoms with E-state index in [9.17, 15) is 31.6 Å². The third-order valence-corrected chi connectivity index (χ3v) is 5.33. The fourth-order valence-electron chi connectivity index (χ4n) is 2.35. The van der Waals surface area contributed by atoms with Gasteiger partial charge in [-0.15, -0.1) is 0 Å². The van der Waals surface area contributed by atoms with E-state index >= 15 is 0 Å². The zero-order chi connectivity index (χ0) is 23.0. The van der Waals surface area contributed by atoms with E-state index < -0.39 is 63.5 Å². The Morgan fingerprint density at radius 1 is 1.03 bits per heavy atom. The van der Waals surface area contributed by atoms with Crippen molar-refractivity contribution >= 4 is 27.9 Å². The lowest BCUT2D eigenvalue weighted by atomic mass is 10.1. The highest BCUT2D eigenvalue weighted by Gasteiger charge is 2.26. The molecule has 2 aromatic rings. The second kappa shape index (κ2) is 10.6. The van der Waals surface area contributed by atoms with E-state index in [1.54, 1.807) is 18.2 Å². The molecule has 166 valence electrons. The largest absolute Gasteiger partial charge is 0.447 e. The van der Waals surface area contributed by atoms with E-state index in [0.717, 1.165) is 6.07 Å². The number of imide groups is 1. The summed E-state index contributed by atoms with van der Waals surface area (Å²) in [7, 11) is -2.91. The molecule has 12 heteroatoms. The van der Waals surface area contributed by atoms with Gasteiger partial charge in [-0.25, -0.2) is 26.7 Å². The number of esters is 1. The van der Waals surface area contributed by atoms with Crippen LogP contribution in [0.3, 0.4) is 0 Å². The predicted octanol–water partition coefficient (Wildman–Crippen LogP) is 1.37. The molecule has 0 radical (unpaired) electrons. The maximum absolute atomic E-state index is 13.2. The number of hydrogen-bond acceptors (Lipinski definition) is 6. The summed E-state index contributed by atoms with van der Waals surface area (Å²) in [5, 5.41) is 4.19. The van der Waals surface area contributed by atoms with Crippen LogP contribution in [0.15, 0.2) is 53.4 Å². The fraction of sp³-hybridized carbons (Fsp3) is 0.211. The number of nitrogens with one attached hydrogen (secondary N) is 3. The normalized spacial score (nSPS) is 12.0. The Balaban J connectivity index is 2.01. The van der Waals surface area contributed by atoms with Crippen molar-refractivity contribution < 1.29 is 36.3 Å². The van der Waals surface area contributed by atoms with Crippen LogP contribution in [-0.2, 0) is 24.3 Å². The summed E-state index contributed by atoms with van der Waals surface area (Å²) in [5.74, 6) is -4.38. The molecule has 9 nitrogen and oxygen atoms in total. The van der Waals surface area contributed by atoms with E-state index in [4.69, 9.17) is 4.74 Å². The number of halogens is 2. The van der Waals surface area contributed by atoms with Gasteiger partial charge >= 0.3 is 12.0 Å². The highest BCUT2D eigenvalue weighted by atomic mass is 32.2. The smallest absolute Gasteiger partial charge is 0.321 e. The number of urea groups is 1. The molecular formula is C19H19F2N3O6S. The van der Waals surface area contributed by atoms with Crippen LogP contribution in [0.4, 0.5) is 13.6 Å². The Kier molecular flexibility index (Phi) is 8.16. The molecule has 0 fully saturated rings. The zero-order valence-corrected chi connectivity index (χ0v) is 17.0. The Morgan fingerprint density at radius 2 is 1.71 bits per heavy atom. The quantitative estimate of drug-likeness (QED) is 0.516. The van der Waals surface area contributed by atoms with Gasteiger partial charge in [0.05, 0.1) is 11.3 Å². The summed E-state index contributed by atoms with van der Waals surface area (Å²) in [6.07, 6.45) is -1.92. The number of carbonyl (C=O) groups excluding carboxylic acids is 3. The third kappa shape index (κ3) is 6.83.